The number of nitrogens with two attached hydrogens (primary N) is 1. The van der Waals surface area contributed by atoms with Gasteiger partial charge in [0.1, 0.15) is 6.54 Å². The van der Waals surface area contributed by atoms with E-state index in [0.717, 1.165) is 9.44 Å². The maximum absolute atomic E-state index is 12.9. The van der Waals surface area contributed by atoms with Crippen molar-refractivity contribution < 1.29 is 9.59 Å². The third kappa shape index (κ3) is 4.28. The van der Waals surface area contributed by atoms with Crippen molar-refractivity contribution in [1.82, 2.24) is 14.1 Å². The topological polar surface area (TPSA) is 129 Å². The highest BCUT2D eigenvalue weighted by atomic mass is 32.1. The Balaban J connectivity index is 1.59. The van der Waals surface area contributed by atoms with E-state index < -0.39 is 17.2 Å². The quantitative estimate of drug-likeness (QED) is 0.472. The Hall–Kier alpha value is -4.05. The lowest BCUT2D eigenvalue weighted by atomic mass is 10.2. The summed E-state index contributed by atoms with van der Waals surface area (Å²) in [5.41, 5.74) is 5.12. The van der Waals surface area contributed by atoms with Gasteiger partial charge in [-0.25, -0.2) is 4.79 Å². The number of primary amides is 1. The Kier molecular flexibility index (Phi) is 5.46. The molecular weight excluding hydrogens is 418 g/mol. The van der Waals surface area contributed by atoms with E-state index in [1.807, 2.05) is 17.5 Å². The number of hydrogen-bond acceptors (Lipinski definition) is 6. The minimum atomic E-state index is -0.673. The first-order valence-corrected chi connectivity index (χ1v) is 10.1. The van der Waals surface area contributed by atoms with Crippen molar-refractivity contribution in [1.29, 1.82) is 0 Å². The second-order valence-corrected chi connectivity index (χ2v) is 7.76. The van der Waals surface area contributed by atoms with Crippen molar-refractivity contribution in [3.8, 4) is 11.4 Å². The largest absolute Gasteiger partial charge is 0.366 e. The summed E-state index contributed by atoms with van der Waals surface area (Å²) in [6.07, 6.45) is 1.58. The van der Waals surface area contributed by atoms with E-state index in [1.54, 1.807) is 30.5 Å². The van der Waals surface area contributed by atoms with Crippen LogP contribution in [0.4, 0.5) is 5.69 Å². The Labute approximate surface area is 179 Å². The van der Waals surface area contributed by atoms with E-state index in [1.165, 1.54) is 28.0 Å². The van der Waals surface area contributed by atoms with Crippen LogP contribution in [0.15, 0.2) is 69.7 Å². The third-order valence-electron chi connectivity index (χ3n) is 4.61. The molecule has 2 aliphatic rings. The van der Waals surface area contributed by atoms with Crippen molar-refractivity contribution in [3.05, 3.63) is 91.4 Å². The summed E-state index contributed by atoms with van der Waals surface area (Å²) < 4.78 is 2.53. The number of aromatic nitrogens is 3. The van der Waals surface area contributed by atoms with Gasteiger partial charge in [-0.3, -0.25) is 19.0 Å². The Morgan fingerprint density at radius 3 is 2.52 bits per heavy atom. The van der Waals surface area contributed by atoms with Crippen LogP contribution in [0.5, 0.6) is 0 Å². The van der Waals surface area contributed by atoms with Gasteiger partial charge in [0.2, 0.25) is 11.8 Å². The number of rotatable bonds is 6. The second-order valence-electron chi connectivity index (χ2n) is 6.73. The van der Waals surface area contributed by atoms with Crippen LogP contribution in [0.2, 0.25) is 0 Å². The van der Waals surface area contributed by atoms with Gasteiger partial charge in [0.25, 0.3) is 5.56 Å². The van der Waals surface area contributed by atoms with Crippen LogP contribution < -0.4 is 22.3 Å². The van der Waals surface area contributed by atoms with Crippen LogP contribution in [0.25, 0.3) is 11.4 Å². The zero-order valence-corrected chi connectivity index (χ0v) is 17.0. The number of pyridine rings is 1. The van der Waals surface area contributed by atoms with Crippen LogP contribution in [0, 0.1) is 0 Å². The van der Waals surface area contributed by atoms with Crippen molar-refractivity contribution in [3.63, 3.8) is 0 Å². The summed E-state index contributed by atoms with van der Waals surface area (Å²) in [6.45, 7) is -0.00925. The molecule has 0 unspecified atom stereocenters. The highest BCUT2D eigenvalue weighted by Gasteiger charge is 2.18. The molecule has 2 aliphatic heterocycles. The second kappa shape index (κ2) is 8.36. The molecule has 0 spiro atoms. The lowest BCUT2D eigenvalue weighted by molar-refractivity contribution is -0.116. The molecule has 3 heterocycles. The van der Waals surface area contributed by atoms with Gasteiger partial charge in [-0.2, -0.15) is 4.98 Å². The SMILES string of the molecule is NC(=O)c1ccc(NC(=O)Cn2cccc3c(=O)n(Cc4cccs4)c(=O)nc2-3)cc1. The molecule has 1 aromatic carbocycles. The van der Waals surface area contributed by atoms with Crippen molar-refractivity contribution >= 4 is 28.8 Å². The molecule has 31 heavy (non-hydrogen) atoms. The molecule has 1 aromatic heterocycles. The zero-order valence-electron chi connectivity index (χ0n) is 16.1. The van der Waals surface area contributed by atoms with Gasteiger partial charge in [-0.15, -0.1) is 11.3 Å². The van der Waals surface area contributed by atoms with Crippen molar-refractivity contribution in [2.24, 2.45) is 5.73 Å². The van der Waals surface area contributed by atoms with E-state index in [2.05, 4.69) is 10.3 Å². The smallest absolute Gasteiger partial charge is 0.352 e. The average molecular weight is 435 g/mol. The molecule has 0 aliphatic carbocycles. The number of carbonyl (C=O) groups excluding carboxylic acids is 2. The summed E-state index contributed by atoms with van der Waals surface area (Å²) in [6, 6.07) is 13.0. The highest BCUT2D eigenvalue weighted by molar-refractivity contribution is 7.09. The van der Waals surface area contributed by atoms with Gasteiger partial charge < -0.3 is 15.6 Å². The van der Waals surface area contributed by atoms with Gasteiger partial charge in [0.05, 0.1) is 12.1 Å². The zero-order chi connectivity index (χ0) is 22.0. The molecule has 10 heteroatoms. The number of nitrogens with one attached hydrogen (secondary N) is 1. The van der Waals surface area contributed by atoms with Crippen molar-refractivity contribution in [2.45, 2.75) is 13.1 Å². The molecule has 0 bridgehead atoms. The molecule has 2 aromatic rings. The first-order chi connectivity index (χ1) is 14.9. The number of hydrogen-bond donors (Lipinski definition) is 2. The molecular formula is C21H17N5O4S. The van der Waals surface area contributed by atoms with Gasteiger partial charge in [-0.05, 0) is 47.8 Å². The fourth-order valence-electron chi connectivity index (χ4n) is 3.12. The molecule has 4 rings (SSSR count). The summed E-state index contributed by atoms with van der Waals surface area (Å²) in [5.74, 6) is -0.811. The van der Waals surface area contributed by atoms with Gasteiger partial charge >= 0.3 is 5.69 Å². The number of benzene rings is 1. The highest BCUT2D eigenvalue weighted by Crippen LogP contribution is 2.15. The fourth-order valence-corrected chi connectivity index (χ4v) is 3.81. The Morgan fingerprint density at radius 1 is 1.06 bits per heavy atom. The van der Waals surface area contributed by atoms with E-state index in [0.29, 0.717) is 11.3 Å². The first-order valence-electron chi connectivity index (χ1n) is 9.24. The lowest BCUT2D eigenvalue weighted by Gasteiger charge is -2.15. The van der Waals surface area contributed by atoms with E-state index >= 15 is 0 Å². The summed E-state index contributed by atoms with van der Waals surface area (Å²) in [4.78, 5) is 53.9. The number of thiophene rings is 1. The maximum atomic E-state index is 12.9. The maximum Gasteiger partial charge on any atom is 0.352 e. The van der Waals surface area contributed by atoms with Crippen LogP contribution in [0.1, 0.15) is 15.2 Å². The van der Waals surface area contributed by atoms with E-state index in [-0.39, 0.29) is 30.4 Å². The molecule has 0 fully saturated rings. The average Bonchev–Trinajstić information content (AvgIpc) is 3.25. The van der Waals surface area contributed by atoms with Gasteiger partial charge in [0, 0.05) is 22.3 Å². The van der Waals surface area contributed by atoms with Crippen LogP contribution in [-0.2, 0) is 17.9 Å². The molecule has 0 radical (unpaired) electrons. The predicted molar refractivity (Wildman–Crippen MR) is 116 cm³/mol. The molecule has 156 valence electrons. The Bertz CT molecular complexity index is 1340. The minimum Gasteiger partial charge on any atom is -0.366 e. The minimum absolute atomic E-state index is 0.138. The summed E-state index contributed by atoms with van der Waals surface area (Å²) >= 11 is 1.45. The van der Waals surface area contributed by atoms with E-state index in [9.17, 15) is 19.2 Å². The molecule has 9 nitrogen and oxygen atoms in total. The van der Waals surface area contributed by atoms with Crippen LogP contribution in [-0.4, -0.2) is 25.9 Å². The molecule has 0 saturated heterocycles. The standard InChI is InChI=1S/C21H17N5O4S/c22-18(28)13-5-7-14(8-6-13)23-17(27)12-25-9-1-4-16-19(25)24-21(30)26(20(16)29)11-15-3-2-10-31-15/h1-10H,11-12H2,(H2,22,28)(H,23,27). The fraction of sp³-hybridized carbons (Fsp3) is 0.0952. The number of nitrogens with zero attached hydrogens (tertiary/aromatic N) is 3. The molecule has 2 amide bonds. The molecule has 3 N–H and O–H groups in total. The third-order valence-corrected chi connectivity index (χ3v) is 5.47. The van der Waals surface area contributed by atoms with Crippen LogP contribution >= 0.6 is 11.3 Å². The normalized spacial score (nSPS) is 10.8. The lowest BCUT2D eigenvalue weighted by Crippen LogP contribution is -2.38. The molecule has 0 atom stereocenters. The summed E-state index contributed by atoms with van der Waals surface area (Å²) in [7, 11) is 0. The number of anilines is 1. The number of carbonyl (C=O) groups is 2. The summed E-state index contributed by atoms with van der Waals surface area (Å²) in [5, 5.41) is 4.56. The van der Waals surface area contributed by atoms with E-state index in [4.69, 9.17) is 5.73 Å². The van der Waals surface area contributed by atoms with Gasteiger partial charge in [0.15, 0.2) is 5.82 Å². The van der Waals surface area contributed by atoms with Crippen molar-refractivity contribution in [2.75, 3.05) is 5.32 Å². The predicted octanol–water partition coefficient (Wildman–Crippen LogP) is 1.36. The number of amides is 2. The first kappa shape index (κ1) is 20.2. The molecule has 0 saturated carbocycles. The Morgan fingerprint density at radius 2 is 1.84 bits per heavy atom. The monoisotopic (exact) mass is 435 g/mol. The van der Waals surface area contributed by atoms with Gasteiger partial charge in [-0.1, -0.05) is 6.07 Å². The number of fused-ring (bicyclic) bond motifs is 1. The van der Waals surface area contributed by atoms with Crippen LogP contribution in [0.3, 0.4) is 0 Å².